The van der Waals surface area contributed by atoms with E-state index >= 15 is 0 Å². The van der Waals surface area contributed by atoms with Crippen molar-refractivity contribution in [3.05, 3.63) is 0 Å². The van der Waals surface area contributed by atoms with Gasteiger partial charge in [0, 0.05) is 12.1 Å². The highest BCUT2D eigenvalue weighted by molar-refractivity contribution is 5.81. The number of hydrogen-bond donors (Lipinski definition) is 2. The zero-order valence-electron chi connectivity index (χ0n) is 14.6. The van der Waals surface area contributed by atoms with Gasteiger partial charge in [-0.1, -0.05) is 20.3 Å². The standard InChI is InChI=1S/C17H34N4O/c1-14(2)15(18)16(22)19-13-17(7-11-20(3)12-8-17)21-9-5-4-6-10-21/h14-15H,4-13,18H2,1-3H3,(H,19,22)/t15-/m0/s1. The topological polar surface area (TPSA) is 61.6 Å². The van der Waals surface area contributed by atoms with Crippen LogP contribution in [0.5, 0.6) is 0 Å². The second kappa shape index (κ2) is 7.75. The fourth-order valence-electron chi connectivity index (χ4n) is 3.68. The van der Waals surface area contributed by atoms with E-state index < -0.39 is 6.04 Å². The highest BCUT2D eigenvalue weighted by Crippen LogP contribution is 2.30. The van der Waals surface area contributed by atoms with Crippen LogP contribution in [0.3, 0.4) is 0 Å². The van der Waals surface area contributed by atoms with Crippen molar-refractivity contribution >= 4 is 5.91 Å². The summed E-state index contributed by atoms with van der Waals surface area (Å²) in [6, 6.07) is -0.398. The minimum atomic E-state index is -0.398. The van der Waals surface area contributed by atoms with Gasteiger partial charge in [0.1, 0.15) is 0 Å². The number of likely N-dealkylation sites (tertiary alicyclic amines) is 2. The molecule has 2 saturated heterocycles. The molecule has 2 heterocycles. The molecule has 1 amide bonds. The number of nitrogens with two attached hydrogens (primary N) is 1. The normalized spacial score (nSPS) is 25.1. The third kappa shape index (κ3) is 4.21. The molecule has 0 aromatic rings. The van der Waals surface area contributed by atoms with Gasteiger partial charge in [-0.15, -0.1) is 0 Å². The molecule has 0 bridgehead atoms. The fraction of sp³-hybridized carbons (Fsp3) is 0.941. The number of hydrogen-bond acceptors (Lipinski definition) is 4. The Morgan fingerprint density at radius 3 is 2.27 bits per heavy atom. The smallest absolute Gasteiger partial charge is 0.237 e. The summed E-state index contributed by atoms with van der Waals surface area (Å²) in [5.74, 6) is 0.189. The van der Waals surface area contributed by atoms with Crippen LogP contribution >= 0.6 is 0 Å². The van der Waals surface area contributed by atoms with E-state index in [4.69, 9.17) is 5.73 Å². The molecule has 1 atom stereocenters. The molecule has 0 aromatic carbocycles. The summed E-state index contributed by atoms with van der Waals surface area (Å²) in [4.78, 5) is 17.3. The average molecular weight is 310 g/mol. The zero-order valence-corrected chi connectivity index (χ0v) is 14.6. The van der Waals surface area contributed by atoms with Crippen LogP contribution in [0.15, 0.2) is 0 Å². The van der Waals surface area contributed by atoms with Gasteiger partial charge in [0.15, 0.2) is 0 Å². The second-order valence-electron chi connectivity index (χ2n) is 7.56. The summed E-state index contributed by atoms with van der Waals surface area (Å²) in [6.07, 6.45) is 6.20. The van der Waals surface area contributed by atoms with E-state index in [1.807, 2.05) is 13.8 Å². The first kappa shape index (κ1) is 17.7. The fourth-order valence-corrected chi connectivity index (χ4v) is 3.68. The molecule has 128 valence electrons. The van der Waals surface area contributed by atoms with E-state index in [0.29, 0.717) is 0 Å². The molecule has 2 fully saturated rings. The van der Waals surface area contributed by atoms with Crippen LogP contribution in [0.2, 0.25) is 0 Å². The predicted molar refractivity (Wildman–Crippen MR) is 90.7 cm³/mol. The van der Waals surface area contributed by atoms with Gasteiger partial charge >= 0.3 is 0 Å². The van der Waals surface area contributed by atoms with E-state index in [0.717, 1.165) is 32.5 Å². The highest BCUT2D eigenvalue weighted by atomic mass is 16.2. The lowest BCUT2D eigenvalue weighted by Crippen LogP contribution is -2.62. The van der Waals surface area contributed by atoms with Gasteiger partial charge in [0.05, 0.1) is 6.04 Å². The summed E-state index contributed by atoms with van der Waals surface area (Å²) in [7, 11) is 2.19. The molecule has 2 aliphatic heterocycles. The SMILES string of the molecule is CC(C)[C@H](N)C(=O)NCC1(N2CCCCC2)CCN(C)CC1. The number of nitrogens with zero attached hydrogens (tertiary/aromatic N) is 2. The largest absolute Gasteiger partial charge is 0.353 e. The number of piperidine rings is 2. The third-order valence-corrected chi connectivity index (χ3v) is 5.56. The Bertz CT molecular complexity index is 358. The number of amides is 1. The molecular weight excluding hydrogens is 276 g/mol. The summed E-state index contributed by atoms with van der Waals surface area (Å²) < 4.78 is 0. The summed E-state index contributed by atoms with van der Waals surface area (Å²) in [6.45, 7) is 9.33. The monoisotopic (exact) mass is 310 g/mol. The van der Waals surface area contributed by atoms with Crippen molar-refractivity contribution in [2.24, 2.45) is 11.7 Å². The minimum Gasteiger partial charge on any atom is -0.353 e. The van der Waals surface area contributed by atoms with Crippen molar-refractivity contribution in [1.82, 2.24) is 15.1 Å². The van der Waals surface area contributed by atoms with Crippen LogP contribution in [-0.2, 0) is 4.79 Å². The lowest BCUT2D eigenvalue weighted by Gasteiger charge is -2.50. The van der Waals surface area contributed by atoms with Gasteiger partial charge in [-0.3, -0.25) is 9.69 Å². The maximum absolute atomic E-state index is 12.3. The van der Waals surface area contributed by atoms with Crippen molar-refractivity contribution in [1.29, 1.82) is 0 Å². The number of carbonyl (C=O) groups excluding carboxylic acids is 1. The Kier molecular flexibility index (Phi) is 6.24. The molecule has 2 rings (SSSR count). The van der Waals surface area contributed by atoms with Gasteiger partial charge in [-0.2, -0.15) is 0 Å². The average Bonchev–Trinajstić information content (AvgIpc) is 2.54. The maximum Gasteiger partial charge on any atom is 0.237 e. The van der Waals surface area contributed by atoms with Crippen molar-refractivity contribution < 1.29 is 4.79 Å². The van der Waals surface area contributed by atoms with Crippen LogP contribution in [0.1, 0.15) is 46.0 Å². The first-order valence-corrected chi connectivity index (χ1v) is 8.91. The van der Waals surface area contributed by atoms with Gasteiger partial charge < -0.3 is 16.0 Å². The summed E-state index contributed by atoms with van der Waals surface area (Å²) in [5, 5.41) is 3.16. The molecule has 0 saturated carbocycles. The molecule has 0 unspecified atom stereocenters. The molecule has 2 aliphatic rings. The Morgan fingerprint density at radius 2 is 1.73 bits per heavy atom. The van der Waals surface area contributed by atoms with E-state index in [2.05, 4.69) is 22.2 Å². The molecule has 3 N–H and O–H groups in total. The lowest BCUT2D eigenvalue weighted by molar-refractivity contribution is -0.124. The molecule has 0 aromatic heterocycles. The van der Waals surface area contributed by atoms with Gasteiger partial charge in [-0.25, -0.2) is 0 Å². The molecule has 0 spiro atoms. The van der Waals surface area contributed by atoms with Crippen LogP contribution < -0.4 is 11.1 Å². The summed E-state index contributed by atoms with van der Waals surface area (Å²) in [5.41, 5.74) is 6.12. The minimum absolute atomic E-state index is 0.00492. The Balaban J connectivity index is 2.00. The van der Waals surface area contributed by atoms with Crippen molar-refractivity contribution in [2.45, 2.75) is 57.5 Å². The van der Waals surface area contributed by atoms with Crippen LogP contribution in [0.25, 0.3) is 0 Å². The zero-order chi connectivity index (χ0) is 16.2. The Hall–Kier alpha value is -0.650. The first-order chi connectivity index (χ1) is 10.4. The quantitative estimate of drug-likeness (QED) is 0.796. The molecular formula is C17H34N4O. The summed E-state index contributed by atoms with van der Waals surface area (Å²) >= 11 is 0. The van der Waals surface area contributed by atoms with Crippen LogP contribution in [-0.4, -0.2) is 67.1 Å². The predicted octanol–water partition coefficient (Wildman–Crippen LogP) is 1.04. The second-order valence-corrected chi connectivity index (χ2v) is 7.56. The molecule has 5 nitrogen and oxygen atoms in total. The van der Waals surface area contributed by atoms with Gasteiger partial charge in [0.25, 0.3) is 0 Å². The molecule has 5 heteroatoms. The molecule has 0 radical (unpaired) electrons. The third-order valence-electron chi connectivity index (χ3n) is 5.56. The van der Waals surface area contributed by atoms with Gasteiger partial charge in [0.2, 0.25) is 5.91 Å². The van der Waals surface area contributed by atoms with Crippen molar-refractivity contribution in [2.75, 3.05) is 39.8 Å². The van der Waals surface area contributed by atoms with E-state index in [1.54, 1.807) is 0 Å². The Morgan fingerprint density at radius 1 is 1.14 bits per heavy atom. The van der Waals surface area contributed by atoms with E-state index in [1.165, 1.54) is 32.4 Å². The first-order valence-electron chi connectivity index (χ1n) is 8.91. The van der Waals surface area contributed by atoms with Crippen LogP contribution in [0, 0.1) is 5.92 Å². The number of carbonyl (C=O) groups is 1. The van der Waals surface area contributed by atoms with Crippen molar-refractivity contribution in [3.8, 4) is 0 Å². The van der Waals surface area contributed by atoms with E-state index in [-0.39, 0.29) is 17.4 Å². The van der Waals surface area contributed by atoms with Crippen molar-refractivity contribution in [3.63, 3.8) is 0 Å². The Labute approximate surface area is 135 Å². The lowest BCUT2D eigenvalue weighted by atomic mass is 9.84. The number of rotatable bonds is 5. The number of nitrogens with one attached hydrogen (secondary N) is 1. The van der Waals surface area contributed by atoms with Gasteiger partial charge in [-0.05, 0) is 64.8 Å². The maximum atomic E-state index is 12.3. The molecule has 0 aliphatic carbocycles. The highest BCUT2D eigenvalue weighted by Gasteiger charge is 2.40. The van der Waals surface area contributed by atoms with E-state index in [9.17, 15) is 4.79 Å². The van der Waals surface area contributed by atoms with Crippen LogP contribution in [0.4, 0.5) is 0 Å². The molecule has 22 heavy (non-hydrogen) atoms.